The molecule has 0 aromatic carbocycles. The van der Waals surface area contributed by atoms with Gasteiger partial charge in [0.2, 0.25) is 0 Å². The van der Waals surface area contributed by atoms with Gasteiger partial charge in [-0.2, -0.15) is 0 Å². The monoisotopic (exact) mass is 173 g/mol. The fraction of sp³-hybridized carbons (Fsp3) is 0.875. The van der Waals surface area contributed by atoms with Crippen LogP contribution in [-0.2, 0) is 9.53 Å². The average Bonchev–Trinajstić information content (AvgIpc) is 2.33. The second-order valence-electron chi connectivity index (χ2n) is 3.28. The minimum Gasteiger partial charge on any atom is -0.480 e. The van der Waals surface area contributed by atoms with E-state index in [1.807, 2.05) is 13.8 Å². The van der Waals surface area contributed by atoms with Gasteiger partial charge in [0.05, 0.1) is 12.2 Å². The molecule has 12 heavy (non-hydrogen) atoms. The average molecular weight is 173 g/mol. The predicted octanol–water partition coefficient (Wildman–Crippen LogP) is 0.226. The molecular weight excluding hydrogens is 158 g/mol. The van der Waals surface area contributed by atoms with Gasteiger partial charge in [-0.25, -0.2) is 0 Å². The molecule has 4 heteroatoms. The van der Waals surface area contributed by atoms with Crippen LogP contribution in [0, 0.1) is 0 Å². The Morgan fingerprint density at radius 3 is 2.83 bits per heavy atom. The molecule has 1 rings (SSSR count). The Hall–Kier alpha value is -0.610. The van der Waals surface area contributed by atoms with E-state index in [9.17, 15) is 4.79 Å². The lowest BCUT2D eigenvalue weighted by Crippen LogP contribution is -2.40. The SMILES string of the molecule is CC(C)O[C@H]1CCN[C@@H]1C(=O)O. The zero-order chi connectivity index (χ0) is 9.14. The van der Waals surface area contributed by atoms with Gasteiger partial charge in [-0.3, -0.25) is 4.79 Å². The van der Waals surface area contributed by atoms with Gasteiger partial charge < -0.3 is 15.2 Å². The molecule has 0 saturated carbocycles. The molecule has 0 aromatic heterocycles. The van der Waals surface area contributed by atoms with Gasteiger partial charge in [0, 0.05) is 0 Å². The third-order valence-electron chi connectivity index (χ3n) is 1.88. The highest BCUT2D eigenvalue weighted by atomic mass is 16.5. The Kier molecular flexibility index (Phi) is 3.05. The van der Waals surface area contributed by atoms with Gasteiger partial charge in [0.15, 0.2) is 0 Å². The number of hydrogen-bond donors (Lipinski definition) is 2. The van der Waals surface area contributed by atoms with Crippen LogP contribution in [0.25, 0.3) is 0 Å². The molecule has 2 atom stereocenters. The van der Waals surface area contributed by atoms with Crippen molar-refractivity contribution in [2.24, 2.45) is 0 Å². The van der Waals surface area contributed by atoms with Crippen molar-refractivity contribution in [2.45, 2.75) is 38.5 Å². The van der Waals surface area contributed by atoms with Crippen molar-refractivity contribution in [3.05, 3.63) is 0 Å². The third-order valence-corrected chi connectivity index (χ3v) is 1.88. The van der Waals surface area contributed by atoms with Gasteiger partial charge in [-0.05, 0) is 26.8 Å². The summed E-state index contributed by atoms with van der Waals surface area (Å²) in [5.74, 6) is -0.821. The number of nitrogens with one attached hydrogen (secondary N) is 1. The van der Waals surface area contributed by atoms with E-state index in [2.05, 4.69) is 5.32 Å². The van der Waals surface area contributed by atoms with Crippen LogP contribution in [-0.4, -0.2) is 35.9 Å². The largest absolute Gasteiger partial charge is 0.480 e. The van der Waals surface area contributed by atoms with E-state index in [1.165, 1.54) is 0 Å². The van der Waals surface area contributed by atoms with E-state index in [0.29, 0.717) is 0 Å². The van der Waals surface area contributed by atoms with E-state index in [1.54, 1.807) is 0 Å². The highest BCUT2D eigenvalue weighted by molar-refractivity contribution is 5.74. The quantitative estimate of drug-likeness (QED) is 0.641. The van der Waals surface area contributed by atoms with Gasteiger partial charge in [-0.15, -0.1) is 0 Å². The van der Waals surface area contributed by atoms with Crippen LogP contribution in [0.3, 0.4) is 0 Å². The molecule has 0 spiro atoms. The van der Waals surface area contributed by atoms with Crippen LogP contribution in [0.4, 0.5) is 0 Å². The van der Waals surface area contributed by atoms with Gasteiger partial charge >= 0.3 is 5.97 Å². The van der Waals surface area contributed by atoms with Crippen molar-refractivity contribution in [3.8, 4) is 0 Å². The number of carbonyl (C=O) groups is 1. The molecule has 4 nitrogen and oxygen atoms in total. The summed E-state index contributed by atoms with van der Waals surface area (Å²) in [6, 6.07) is -0.521. The topological polar surface area (TPSA) is 58.6 Å². The minimum atomic E-state index is -0.821. The summed E-state index contributed by atoms with van der Waals surface area (Å²) in [5.41, 5.74) is 0. The molecule has 1 heterocycles. The summed E-state index contributed by atoms with van der Waals surface area (Å²) in [7, 11) is 0. The van der Waals surface area contributed by atoms with Crippen LogP contribution in [0.1, 0.15) is 20.3 Å². The molecule has 1 aliphatic heterocycles. The number of rotatable bonds is 3. The first-order chi connectivity index (χ1) is 5.61. The lowest BCUT2D eigenvalue weighted by atomic mass is 10.2. The van der Waals surface area contributed by atoms with Crippen molar-refractivity contribution in [3.63, 3.8) is 0 Å². The van der Waals surface area contributed by atoms with Crippen molar-refractivity contribution in [2.75, 3.05) is 6.54 Å². The number of ether oxygens (including phenoxy) is 1. The van der Waals surface area contributed by atoms with Crippen molar-refractivity contribution in [1.29, 1.82) is 0 Å². The summed E-state index contributed by atoms with van der Waals surface area (Å²) in [6.07, 6.45) is 0.717. The predicted molar refractivity (Wildman–Crippen MR) is 44.1 cm³/mol. The summed E-state index contributed by atoms with van der Waals surface area (Å²) in [6.45, 7) is 4.56. The maximum absolute atomic E-state index is 10.7. The van der Waals surface area contributed by atoms with Crippen LogP contribution < -0.4 is 5.32 Å². The number of hydrogen-bond acceptors (Lipinski definition) is 3. The first-order valence-corrected chi connectivity index (χ1v) is 4.23. The standard InChI is InChI=1S/C8H15NO3/c1-5(2)12-6-3-4-9-7(6)8(10)11/h5-7,9H,3-4H2,1-2H3,(H,10,11)/t6-,7-/m0/s1. The zero-order valence-electron chi connectivity index (χ0n) is 7.41. The maximum Gasteiger partial charge on any atom is 0.323 e. The molecule has 1 aliphatic rings. The number of carboxylic acids is 1. The summed E-state index contributed by atoms with van der Waals surface area (Å²) in [5, 5.41) is 11.6. The Bertz CT molecular complexity index is 170. The Balaban J connectivity index is 2.46. The van der Waals surface area contributed by atoms with Crippen molar-refractivity contribution in [1.82, 2.24) is 5.32 Å². The zero-order valence-corrected chi connectivity index (χ0v) is 7.41. The maximum atomic E-state index is 10.7. The number of aliphatic carboxylic acids is 1. The molecule has 2 N–H and O–H groups in total. The molecule has 0 bridgehead atoms. The first-order valence-electron chi connectivity index (χ1n) is 4.23. The van der Waals surface area contributed by atoms with Crippen molar-refractivity contribution < 1.29 is 14.6 Å². The molecular formula is C8H15NO3. The first kappa shape index (κ1) is 9.48. The molecule has 1 fully saturated rings. The van der Waals surface area contributed by atoms with Crippen LogP contribution in [0.15, 0.2) is 0 Å². The van der Waals surface area contributed by atoms with Gasteiger partial charge in [0.1, 0.15) is 6.04 Å². The molecule has 0 amide bonds. The molecule has 0 aromatic rings. The second-order valence-corrected chi connectivity index (χ2v) is 3.28. The van der Waals surface area contributed by atoms with Crippen LogP contribution in [0.2, 0.25) is 0 Å². The normalized spacial score (nSPS) is 29.6. The third kappa shape index (κ3) is 2.19. The van der Waals surface area contributed by atoms with Crippen molar-refractivity contribution >= 4 is 5.97 Å². The molecule has 0 aliphatic carbocycles. The smallest absolute Gasteiger partial charge is 0.323 e. The summed E-state index contributed by atoms with van der Waals surface area (Å²) >= 11 is 0. The second kappa shape index (κ2) is 3.87. The highest BCUT2D eigenvalue weighted by Gasteiger charge is 2.33. The van der Waals surface area contributed by atoms with E-state index < -0.39 is 12.0 Å². The van der Waals surface area contributed by atoms with E-state index in [4.69, 9.17) is 9.84 Å². The fourth-order valence-electron chi connectivity index (χ4n) is 1.42. The minimum absolute atomic E-state index is 0.0942. The summed E-state index contributed by atoms with van der Waals surface area (Å²) in [4.78, 5) is 10.7. The van der Waals surface area contributed by atoms with Crippen LogP contribution in [0.5, 0.6) is 0 Å². The van der Waals surface area contributed by atoms with Gasteiger partial charge in [-0.1, -0.05) is 0 Å². The Morgan fingerprint density at radius 2 is 2.33 bits per heavy atom. The highest BCUT2D eigenvalue weighted by Crippen LogP contribution is 2.13. The summed E-state index contributed by atoms with van der Waals surface area (Å²) < 4.78 is 5.44. The molecule has 1 saturated heterocycles. The van der Waals surface area contributed by atoms with Gasteiger partial charge in [0.25, 0.3) is 0 Å². The lowest BCUT2D eigenvalue weighted by Gasteiger charge is -2.18. The molecule has 70 valence electrons. The van der Waals surface area contributed by atoms with E-state index >= 15 is 0 Å². The Labute approximate surface area is 71.9 Å². The Morgan fingerprint density at radius 1 is 1.67 bits per heavy atom. The lowest BCUT2D eigenvalue weighted by molar-refractivity contribution is -0.143. The van der Waals surface area contributed by atoms with E-state index in [0.717, 1.165) is 13.0 Å². The molecule has 0 unspecified atom stereocenters. The number of carboxylic acid groups (broad SMARTS) is 1. The van der Waals surface area contributed by atoms with E-state index in [-0.39, 0.29) is 12.2 Å². The fourth-order valence-corrected chi connectivity index (χ4v) is 1.42. The molecule has 0 radical (unpaired) electrons. The van der Waals surface area contributed by atoms with Crippen LogP contribution >= 0.6 is 0 Å².